The molecular weight excluding hydrogens is 328 g/mol. The number of rotatable bonds is 5. The van der Waals surface area contributed by atoms with Gasteiger partial charge in [0.15, 0.2) is 0 Å². The lowest BCUT2D eigenvalue weighted by atomic mass is 10.2. The van der Waals surface area contributed by atoms with Gasteiger partial charge in [-0.15, -0.1) is 23.1 Å². The summed E-state index contributed by atoms with van der Waals surface area (Å²) >= 11 is 3.12. The minimum atomic E-state index is -0.366. The number of hydrogen-bond donors (Lipinski definition) is 1. The van der Waals surface area contributed by atoms with Crippen molar-refractivity contribution in [1.29, 1.82) is 0 Å². The number of amides is 2. The molecule has 0 saturated heterocycles. The van der Waals surface area contributed by atoms with Crippen molar-refractivity contribution in [2.75, 3.05) is 11.9 Å². The number of nitrogens with one attached hydrogen (secondary N) is 1. The highest BCUT2D eigenvalue weighted by Crippen LogP contribution is 2.36. The maximum absolute atomic E-state index is 12.6. The van der Waals surface area contributed by atoms with E-state index in [0.717, 1.165) is 15.5 Å². The predicted molar refractivity (Wildman–Crippen MR) is 94.7 cm³/mol. The van der Waals surface area contributed by atoms with Crippen LogP contribution in [0, 0.1) is 0 Å². The molecule has 1 aromatic carbocycles. The van der Waals surface area contributed by atoms with Crippen molar-refractivity contribution in [3.8, 4) is 0 Å². The summed E-state index contributed by atoms with van der Waals surface area (Å²) in [6, 6.07) is 11.7. The maximum Gasteiger partial charge on any atom is 0.238 e. The van der Waals surface area contributed by atoms with Crippen LogP contribution in [0.3, 0.4) is 0 Å². The molecule has 1 aliphatic rings. The third-order valence-corrected chi connectivity index (χ3v) is 5.86. The molecule has 1 atom stereocenters. The van der Waals surface area contributed by atoms with Gasteiger partial charge >= 0.3 is 0 Å². The second-order valence-electron chi connectivity index (χ2n) is 5.28. The Morgan fingerprint density at radius 3 is 2.83 bits per heavy atom. The zero-order valence-corrected chi connectivity index (χ0v) is 14.5. The quantitative estimate of drug-likeness (QED) is 0.900. The summed E-state index contributed by atoms with van der Waals surface area (Å²) in [7, 11) is 0. The number of hydrogen-bond acceptors (Lipinski definition) is 4. The van der Waals surface area contributed by atoms with E-state index in [2.05, 4.69) is 5.32 Å². The normalized spacial score (nSPS) is 16.6. The Morgan fingerprint density at radius 2 is 2.09 bits per heavy atom. The molecule has 23 heavy (non-hydrogen) atoms. The minimum absolute atomic E-state index is 0.0212. The van der Waals surface area contributed by atoms with Crippen LogP contribution in [-0.2, 0) is 16.1 Å². The van der Waals surface area contributed by atoms with Crippen molar-refractivity contribution in [3.63, 3.8) is 0 Å². The summed E-state index contributed by atoms with van der Waals surface area (Å²) in [6.07, 6.45) is 0.226. The largest absolute Gasteiger partial charge is 0.338 e. The van der Waals surface area contributed by atoms with Gasteiger partial charge in [-0.3, -0.25) is 9.59 Å². The van der Waals surface area contributed by atoms with Crippen LogP contribution in [0.2, 0.25) is 0 Å². The number of benzene rings is 1. The van der Waals surface area contributed by atoms with Gasteiger partial charge in [0.05, 0.1) is 17.5 Å². The van der Waals surface area contributed by atoms with Crippen LogP contribution < -0.4 is 5.32 Å². The highest BCUT2D eigenvalue weighted by molar-refractivity contribution is 8.01. The van der Waals surface area contributed by atoms with Gasteiger partial charge in [0, 0.05) is 22.7 Å². The van der Waals surface area contributed by atoms with Gasteiger partial charge in [-0.1, -0.05) is 18.2 Å². The first-order valence-corrected chi connectivity index (χ1v) is 9.30. The van der Waals surface area contributed by atoms with Crippen LogP contribution in [0.5, 0.6) is 0 Å². The molecule has 0 radical (unpaired) electrons. The summed E-state index contributed by atoms with van der Waals surface area (Å²) in [5, 5.41) is 4.53. The number of anilines is 1. The number of carbonyl (C=O) groups excluding carboxylic acids is 2. The lowest BCUT2D eigenvalue weighted by Gasteiger charge is -2.26. The maximum atomic E-state index is 12.6. The molecule has 1 aromatic heterocycles. The second kappa shape index (κ2) is 7.19. The topological polar surface area (TPSA) is 49.4 Å². The highest BCUT2D eigenvalue weighted by Gasteiger charge is 2.30. The van der Waals surface area contributed by atoms with E-state index in [1.807, 2.05) is 48.7 Å². The highest BCUT2D eigenvalue weighted by atomic mass is 32.2. The molecule has 1 unspecified atom stereocenters. The first-order valence-electron chi connectivity index (χ1n) is 7.54. The van der Waals surface area contributed by atoms with E-state index >= 15 is 0 Å². The molecule has 4 nitrogen and oxygen atoms in total. The smallest absolute Gasteiger partial charge is 0.238 e. The average molecular weight is 346 g/mol. The number of thiophene rings is 1. The van der Waals surface area contributed by atoms with E-state index in [1.165, 1.54) is 11.8 Å². The fraction of sp³-hybridized carbons (Fsp3) is 0.294. The molecule has 0 spiro atoms. The van der Waals surface area contributed by atoms with Crippen molar-refractivity contribution < 1.29 is 9.59 Å². The molecule has 2 amide bonds. The molecule has 0 saturated carbocycles. The van der Waals surface area contributed by atoms with Gasteiger partial charge in [0.1, 0.15) is 0 Å². The minimum Gasteiger partial charge on any atom is -0.338 e. The van der Waals surface area contributed by atoms with Crippen LogP contribution in [0.4, 0.5) is 5.69 Å². The lowest BCUT2D eigenvalue weighted by Crippen LogP contribution is -2.37. The fourth-order valence-electron chi connectivity index (χ4n) is 2.48. The van der Waals surface area contributed by atoms with Crippen LogP contribution in [0.15, 0.2) is 46.7 Å². The predicted octanol–water partition coefficient (Wildman–Crippen LogP) is 3.60. The number of fused-ring (bicyclic) bond motifs is 1. The molecule has 2 aromatic rings. The Balaban J connectivity index is 1.66. The van der Waals surface area contributed by atoms with Crippen LogP contribution >= 0.6 is 23.1 Å². The van der Waals surface area contributed by atoms with Crippen molar-refractivity contribution in [3.05, 3.63) is 46.7 Å². The molecular formula is C17H18N2O2S2. The fourth-order valence-corrected chi connectivity index (χ4v) is 4.30. The number of nitrogens with zero attached hydrogens (tertiary/aromatic N) is 1. The van der Waals surface area contributed by atoms with E-state index < -0.39 is 0 Å². The number of thioether (sulfide) groups is 1. The first-order chi connectivity index (χ1) is 11.2. The third-order valence-electron chi connectivity index (χ3n) is 3.73. The van der Waals surface area contributed by atoms with Gasteiger partial charge in [0.25, 0.3) is 0 Å². The molecule has 1 aliphatic heterocycles. The van der Waals surface area contributed by atoms with E-state index in [9.17, 15) is 9.59 Å². The van der Waals surface area contributed by atoms with Crippen molar-refractivity contribution in [2.24, 2.45) is 0 Å². The van der Waals surface area contributed by atoms with Crippen molar-refractivity contribution in [1.82, 2.24) is 4.90 Å². The third kappa shape index (κ3) is 3.76. The van der Waals surface area contributed by atoms with Crippen LogP contribution in [0.25, 0.3) is 0 Å². The molecule has 0 bridgehead atoms. The summed E-state index contributed by atoms with van der Waals surface area (Å²) in [6.45, 7) is 3.23. The summed E-state index contributed by atoms with van der Waals surface area (Å²) < 4.78 is 0. The SMILES string of the molecule is CCN(Cc1cccs1)C(=O)CC1Sc2ccccc2NC1=O. The van der Waals surface area contributed by atoms with Crippen molar-refractivity contribution in [2.45, 2.75) is 30.0 Å². The molecule has 120 valence electrons. The van der Waals surface area contributed by atoms with Crippen LogP contribution in [0.1, 0.15) is 18.2 Å². The number of carbonyl (C=O) groups is 2. The molecule has 6 heteroatoms. The van der Waals surface area contributed by atoms with Gasteiger partial charge in [-0.2, -0.15) is 0 Å². The Hall–Kier alpha value is -1.79. The molecule has 3 rings (SSSR count). The van der Waals surface area contributed by atoms with E-state index in [4.69, 9.17) is 0 Å². The molecule has 1 N–H and O–H groups in total. The van der Waals surface area contributed by atoms with Gasteiger partial charge in [-0.25, -0.2) is 0 Å². The zero-order valence-electron chi connectivity index (χ0n) is 12.8. The zero-order chi connectivity index (χ0) is 16.2. The standard InChI is InChI=1S/C17H18N2O2S2/c1-2-19(11-12-6-5-9-22-12)16(20)10-15-17(21)18-13-7-3-4-8-14(13)23-15/h3-9,15H,2,10-11H2,1H3,(H,18,21). The average Bonchev–Trinajstić information content (AvgIpc) is 3.06. The van der Waals surface area contributed by atoms with E-state index in [0.29, 0.717) is 13.1 Å². The number of para-hydroxylation sites is 1. The van der Waals surface area contributed by atoms with E-state index in [-0.39, 0.29) is 23.5 Å². The molecule has 2 heterocycles. The summed E-state index contributed by atoms with van der Waals surface area (Å²) in [4.78, 5) is 28.8. The van der Waals surface area contributed by atoms with Gasteiger partial charge in [-0.05, 0) is 30.5 Å². The molecule has 0 fully saturated rings. The van der Waals surface area contributed by atoms with Crippen LogP contribution in [-0.4, -0.2) is 28.5 Å². The Bertz CT molecular complexity index is 700. The van der Waals surface area contributed by atoms with Gasteiger partial charge < -0.3 is 10.2 Å². The first kappa shape index (κ1) is 16.1. The van der Waals surface area contributed by atoms with Crippen molar-refractivity contribution >= 4 is 40.6 Å². The molecule has 0 aliphatic carbocycles. The lowest BCUT2D eigenvalue weighted by molar-refractivity contribution is -0.133. The van der Waals surface area contributed by atoms with E-state index in [1.54, 1.807) is 16.2 Å². The monoisotopic (exact) mass is 346 g/mol. The van der Waals surface area contributed by atoms with Gasteiger partial charge in [0.2, 0.25) is 11.8 Å². The Kier molecular flexibility index (Phi) is 5.03. The summed E-state index contributed by atoms with van der Waals surface area (Å²) in [5.74, 6) is -0.0674. The summed E-state index contributed by atoms with van der Waals surface area (Å²) in [5.41, 5.74) is 0.831. The second-order valence-corrected chi connectivity index (χ2v) is 7.56. The Labute approximate surface area is 143 Å². The Morgan fingerprint density at radius 1 is 1.26 bits per heavy atom.